The van der Waals surface area contributed by atoms with E-state index in [1.165, 1.54) is 7.05 Å². The minimum Gasteiger partial charge on any atom is -0.358 e. The molecule has 0 fully saturated rings. The van der Waals surface area contributed by atoms with Crippen molar-refractivity contribution in [2.45, 2.75) is 16.7 Å². The zero-order valence-corrected chi connectivity index (χ0v) is 27.7. The van der Waals surface area contributed by atoms with Crippen LogP contribution in [0.4, 0.5) is 40.3 Å². The molecule has 2 atom stereocenters. The quantitative estimate of drug-likeness (QED) is 0.0361. The Morgan fingerprint density at radius 1 is 0.959 bits per heavy atom. The van der Waals surface area contributed by atoms with Crippen molar-refractivity contribution in [2.24, 2.45) is 5.11 Å². The predicted molar refractivity (Wildman–Crippen MR) is 185 cm³/mol. The molecule has 2 aliphatic rings. The fourth-order valence-electron chi connectivity index (χ4n) is 6.24. The third-order valence-corrected chi connectivity index (χ3v) is 10.1. The number of anilines is 3. The van der Waals surface area contributed by atoms with Gasteiger partial charge in [-0.05, 0) is 54.6 Å². The molecule has 13 heteroatoms. The van der Waals surface area contributed by atoms with Crippen LogP contribution in [0.5, 0.6) is 0 Å². The molecule has 0 bridgehead atoms. The number of benzene rings is 4. The summed E-state index contributed by atoms with van der Waals surface area (Å²) >= 11 is 1.66. The number of fused-ring (bicyclic) bond motifs is 2. The number of nitrogens with one attached hydrogen (secondary N) is 1. The van der Waals surface area contributed by atoms with Crippen LogP contribution < -0.4 is 15.1 Å². The largest absolute Gasteiger partial charge is 0.358 e. The molecule has 2 heterocycles. The number of hydrogen-bond donors (Lipinski definition) is 1. The monoisotopic (exact) mass is 686 g/mol. The number of carbonyl (C=O) groups is 1. The number of carbonyl (C=O) groups excluding carboxylic acids is 1. The van der Waals surface area contributed by atoms with Crippen LogP contribution in [0.25, 0.3) is 16.0 Å². The fourth-order valence-corrected chi connectivity index (χ4v) is 7.48. The highest BCUT2D eigenvalue weighted by atomic mass is 32.2. The van der Waals surface area contributed by atoms with Gasteiger partial charge >= 0.3 is 5.91 Å². The minimum absolute atomic E-state index is 0.00592. The summed E-state index contributed by atoms with van der Waals surface area (Å²) in [6, 6.07) is 24.8. The van der Waals surface area contributed by atoms with Crippen molar-refractivity contribution in [3.05, 3.63) is 142 Å². The number of nitrogens with zero attached hydrogens (tertiary/aromatic N) is 6. The summed E-state index contributed by atoms with van der Waals surface area (Å²) in [5.74, 6) is -8.70. The van der Waals surface area contributed by atoms with E-state index in [2.05, 4.69) is 26.3 Å². The zero-order valence-electron chi connectivity index (χ0n) is 26.9. The van der Waals surface area contributed by atoms with E-state index in [1.54, 1.807) is 24.9 Å². The number of allylic oxidation sites excluding steroid dienone is 2. The maximum Gasteiger partial charge on any atom is 0.358 e. The molecule has 49 heavy (non-hydrogen) atoms. The third-order valence-electron chi connectivity index (χ3n) is 8.77. The fraction of sp³-hybridized carbons (Fsp3) is 0.194. The van der Waals surface area contributed by atoms with Gasteiger partial charge in [0.2, 0.25) is 5.82 Å². The van der Waals surface area contributed by atoms with E-state index in [4.69, 9.17) is 5.53 Å². The molecule has 4 aromatic rings. The molecule has 2 unspecified atom stereocenters. The van der Waals surface area contributed by atoms with Crippen molar-refractivity contribution >= 4 is 46.0 Å². The standard InChI is InChI=1S/C36H32F4N7OS/c1-42-18-11-19-47(3,36(48)30-31(37)33(39)35(43-44-41)34(40)32(30)38)28-20-22(21-29-45(2)26-16-9-10-17-27(26)49-29)24-14-7-8-15-25(24)46(28)23-12-5-4-6-13-23/h4-10,12-17,20-21,29,42H,11,18-19H2,1-3H3/q+1. The summed E-state index contributed by atoms with van der Waals surface area (Å²) in [6.07, 6.45) is 4.23. The summed E-state index contributed by atoms with van der Waals surface area (Å²) in [7, 11) is 5.20. The van der Waals surface area contributed by atoms with E-state index in [-0.39, 0.29) is 11.9 Å². The SMILES string of the molecule is CNCCC[N+](C)(C(=O)c1c(F)c(F)c(N=[N+]=[N-])c(F)c1F)C1=CC(=CC2Sc3ccccc3N2C)c2ccccc2N1c1ccccc1. The lowest BCUT2D eigenvalue weighted by molar-refractivity contribution is -0.790. The van der Waals surface area contributed by atoms with Crippen molar-refractivity contribution in [1.82, 2.24) is 5.32 Å². The molecule has 0 aromatic heterocycles. The minimum atomic E-state index is -1.95. The number of para-hydroxylation sites is 3. The van der Waals surface area contributed by atoms with Gasteiger partial charge in [-0.15, -0.1) is 0 Å². The van der Waals surface area contributed by atoms with Crippen LogP contribution in [0.2, 0.25) is 0 Å². The lowest BCUT2D eigenvalue weighted by atomic mass is 9.96. The van der Waals surface area contributed by atoms with E-state index in [1.807, 2.05) is 90.8 Å². The predicted octanol–water partition coefficient (Wildman–Crippen LogP) is 9.03. The second-order valence-corrected chi connectivity index (χ2v) is 12.9. The highest BCUT2D eigenvalue weighted by Crippen LogP contribution is 2.48. The van der Waals surface area contributed by atoms with Gasteiger partial charge in [-0.1, -0.05) is 65.4 Å². The Morgan fingerprint density at radius 3 is 2.24 bits per heavy atom. The Hall–Kier alpha value is -5.07. The second kappa shape index (κ2) is 13.8. The van der Waals surface area contributed by atoms with Gasteiger partial charge in [0, 0.05) is 41.5 Å². The van der Waals surface area contributed by atoms with Gasteiger partial charge in [0.1, 0.15) is 5.69 Å². The van der Waals surface area contributed by atoms with Crippen molar-refractivity contribution in [3.8, 4) is 0 Å². The van der Waals surface area contributed by atoms with Gasteiger partial charge < -0.3 is 10.2 Å². The Labute approximate surface area is 285 Å². The van der Waals surface area contributed by atoms with E-state index < -0.39 is 44.9 Å². The average Bonchev–Trinajstić information content (AvgIpc) is 3.43. The maximum atomic E-state index is 15.7. The number of hydrogen-bond acceptors (Lipinski definition) is 6. The molecular weight excluding hydrogens is 655 g/mol. The number of thioether (sulfide) groups is 1. The lowest BCUT2D eigenvalue weighted by Crippen LogP contribution is -2.54. The zero-order chi connectivity index (χ0) is 34.9. The normalized spacial score (nSPS) is 17.2. The molecular formula is C36H32F4N7OS+. The summed E-state index contributed by atoms with van der Waals surface area (Å²) < 4.78 is 60.8. The van der Waals surface area contributed by atoms with Crippen LogP contribution in [-0.4, -0.2) is 50.0 Å². The molecule has 8 nitrogen and oxygen atoms in total. The molecule has 1 amide bonds. The topological polar surface area (TPSA) is 84.3 Å². The maximum absolute atomic E-state index is 15.7. The van der Waals surface area contributed by atoms with Crippen molar-refractivity contribution in [3.63, 3.8) is 0 Å². The summed E-state index contributed by atoms with van der Waals surface area (Å²) in [5, 5.41) is 5.68. The molecule has 4 aromatic carbocycles. The number of halogens is 4. The second-order valence-electron chi connectivity index (χ2n) is 11.7. The van der Waals surface area contributed by atoms with Gasteiger partial charge in [0.05, 0.1) is 36.0 Å². The first-order valence-electron chi connectivity index (χ1n) is 15.5. The summed E-state index contributed by atoms with van der Waals surface area (Å²) in [5.41, 5.74) is 9.87. The Balaban J connectivity index is 1.60. The van der Waals surface area contributed by atoms with Gasteiger partial charge in [-0.25, -0.2) is 26.8 Å². The Bertz CT molecular complexity index is 2020. The van der Waals surface area contributed by atoms with Crippen LogP contribution >= 0.6 is 11.8 Å². The molecule has 2 aliphatic heterocycles. The number of amides is 1. The molecule has 0 saturated heterocycles. The number of likely N-dealkylation sites (N-methyl/N-ethyl adjacent to an activating group) is 1. The van der Waals surface area contributed by atoms with Crippen molar-refractivity contribution in [1.29, 1.82) is 0 Å². The molecule has 0 aliphatic carbocycles. The number of quaternary nitrogens is 1. The first-order chi connectivity index (χ1) is 23.6. The van der Waals surface area contributed by atoms with Crippen LogP contribution in [0, 0.1) is 23.3 Å². The van der Waals surface area contributed by atoms with Crippen molar-refractivity contribution < 1.29 is 26.8 Å². The van der Waals surface area contributed by atoms with E-state index in [0.717, 1.165) is 21.7 Å². The van der Waals surface area contributed by atoms with Gasteiger partial charge in [-0.2, -0.15) is 0 Å². The molecule has 250 valence electrons. The summed E-state index contributed by atoms with van der Waals surface area (Å²) in [6.45, 7) is 0.429. The molecule has 0 radical (unpaired) electrons. The first kappa shape index (κ1) is 33.8. The molecule has 0 saturated carbocycles. The number of rotatable bonds is 9. The van der Waals surface area contributed by atoms with E-state index >= 15 is 17.6 Å². The third kappa shape index (κ3) is 5.95. The number of azide groups is 1. The smallest absolute Gasteiger partial charge is 0.358 e. The first-order valence-corrected chi connectivity index (χ1v) is 16.3. The van der Waals surface area contributed by atoms with Crippen molar-refractivity contribution in [2.75, 3.05) is 44.0 Å². The Kier molecular flexibility index (Phi) is 9.53. The van der Waals surface area contributed by atoms with Crippen LogP contribution in [0.3, 0.4) is 0 Å². The van der Waals surface area contributed by atoms with Gasteiger partial charge in [0.25, 0.3) is 0 Å². The van der Waals surface area contributed by atoms with Gasteiger partial charge in [0.15, 0.2) is 28.8 Å². The van der Waals surface area contributed by atoms with E-state index in [0.29, 0.717) is 30.2 Å². The Morgan fingerprint density at radius 2 is 1.59 bits per heavy atom. The van der Waals surface area contributed by atoms with Crippen LogP contribution in [0.1, 0.15) is 22.3 Å². The van der Waals surface area contributed by atoms with Crippen LogP contribution in [-0.2, 0) is 0 Å². The molecule has 0 spiro atoms. The summed E-state index contributed by atoms with van der Waals surface area (Å²) in [4.78, 5) is 22.0. The average molecular weight is 687 g/mol. The molecule has 1 N–H and O–H groups in total. The lowest BCUT2D eigenvalue weighted by Gasteiger charge is -2.42. The molecule has 6 rings (SSSR count). The highest BCUT2D eigenvalue weighted by molar-refractivity contribution is 8.00. The van der Waals surface area contributed by atoms with Gasteiger partial charge in [-0.3, -0.25) is 4.90 Å². The highest BCUT2D eigenvalue weighted by Gasteiger charge is 2.47. The van der Waals surface area contributed by atoms with E-state index in [9.17, 15) is 4.79 Å². The van der Waals surface area contributed by atoms with Crippen LogP contribution in [0.15, 0.2) is 107 Å².